The third kappa shape index (κ3) is 3.21. The summed E-state index contributed by atoms with van der Waals surface area (Å²) in [5, 5.41) is 1.68. The molecule has 1 heterocycles. The Morgan fingerprint density at radius 1 is 1.21 bits per heavy atom. The first-order valence-corrected chi connectivity index (χ1v) is 8.51. The summed E-state index contributed by atoms with van der Waals surface area (Å²) in [6.07, 6.45) is 0. The van der Waals surface area contributed by atoms with Crippen LogP contribution in [-0.4, -0.2) is 30.9 Å². The van der Waals surface area contributed by atoms with Crippen LogP contribution in [0.1, 0.15) is 36.5 Å². The van der Waals surface area contributed by atoms with E-state index in [1.807, 2.05) is 13.0 Å². The molecule has 1 unspecified atom stereocenters. The minimum Gasteiger partial charge on any atom is -0.301 e. The van der Waals surface area contributed by atoms with Crippen molar-refractivity contribution in [3.63, 3.8) is 0 Å². The van der Waals surface area contributed by atoms with Crippen LogP contribution in [-0.2, 0) is 11.3 Å². The highest BCUT2D eigenvalue weighted by Gasteiger charge is 2.28. The van der Waals surface area contributed by atoms with E-state index < -0.39 is 0 Å². The third-order valence-corrected chi connectivity index (χ3v) is 4.56. The van der Waals surface area contributed by atoms with Gasteiger partial charge in [-0.3, -0.25) is 4.79 Å². The summed E-state index contributed by atoms with van der Waals surface area (Å²) in [6, 6.07) is 16.9. The summed E-state index contributed by atoms with van der Waals surface area (Å²) >= 11 is 0. The van der Waals surface area contributed by atoms with Crippen LogP contribution >= 0.6 is 0 Å². The Morgan fingerprint density at radius 2 is 1.96 bits per heavy atom. The largest absolute Gasteiger partial charge is 0.301 e. The zero-order valence-electron chi connectivity index (χ0n) is 14.6. The Bertz CT molecular complexity index is 714. The first-order chi connectivity index (χ1) is 11.6. The summed E-state index contributed by atoms with van der Waals surface area (Å²) in [4.78, 5) is 14.4. The zero-order valence-corrected chi connectivity index (χ0v) is 14.6. The van der Waals surface area contributed by atoms with Gasteiger partial charge < -0.3 is 4.90 Å². The molecule has 1 aliphatic rings. The minimum absolute atomic E-state index is 0.00902. The molecule has 0 fully saturated rings. The van der Waals surface area contributed by atoms with Crippen LogP contribution < -0.4 is 10.4 Å². The molecule has 24 heavy (non-hydrogen) atoms. The first kappa shape index (κ1) is 16.7. The van der Waals surface area contributed by atoms with Gasteiger partial charge in [-0.25, -0.2) is 10.4 Å². The second kappa shape index (κ2) is 7.16. The molecule has 1 amide bonds. The van der Waals surface area contributed by atoms with E-state index in [1.54, 1.807) is 11.9 Å². The summed E-state index contributed by atoms with van der Waals surface area (Å²) in [6.45, 7) is 6.15. The van der Waals surface area contributed by atoms with Crippen LogP contribution in [0.15, 0.2) is 48.5 Å². The molecule has 0 bridgehead atoms. The maximum atomic E-state index is 12.1. The SMILES string of the molecule is CCNN(C(C)=O)c1cccc2c1CN(C)CC2c1ccccc1. The average molecular weight is 323 g/mol. The number of carbonyl (C=O) groups is 1. The van der Waals surface area contributed by atoms with Crippen molar-refractivity contribution in [2.75, 3.05) is 25.1 Å². The van der Waals surface area contributed by atoms with E-state index in [0.29, 0.717) is 12.5 Å². The Kier molecular flexibility index (Phi) is 4.97. The molecule has 2 aromatic rings. The summed E-state index contributed by atoms with van der Waals surface area (Å²) in [7, 11) is 2.14. The molecule has 0 aromatic heterocycles. The molecule has 0 spiro atoms. The van der Waals surface area contributed by atoms with E-state index in [2.05, 4.69) is 59.8 Å². The monoisotopic (exact) mass is 323 g/mol. The molecule has 126 valence electrons. The fraction of sp³-hybridized carbons (Fsp3) is 0.350. The second-order valence-electron chi connectivity index (χ2n) is 6.37. The zero-order chi connectivity index (χ0) is 17.1. The average Bonchev–Trinajstić information content (AvgIpc) is 2.59. The standard InChI is InChI=1S/C20H25N3O/c1-4-21-23(15(2)24)20-12-8-11-17-18(13-22(3)14-19(17)20)16-9-6-5-7-10-16/h5-12,18,21H,4,13-14H2,1-3H3. The molecule has 0 saturated heterocycles. The van der Waals surface area contributed by atoms with Gasteiger partial charge in [-0.1, -0.05) is 49.4 Å². The number of likely N-dealkylation sites (N-methyl/N-ethyl adjacent to an activating group) is 1. The summed E-state index contributed by atoms with van der Waals surface area (Å²) < 4.78 is 0. The molecule has 1 aliphatic heterocycles. The summed E-state index contributed by atoms with van der Waals surface area (Å²) in [5.74, 6) is 0.338. The molecule has 4 nitrogen and oxygen atoms in total. The van der Waals surface area contributed by atoms with Gasteiger partial charge in [-0.05, 0) is 29.8 Å². The van der Waals surface area contributed by atoms with Gasteiger partial charge in [-0.15, -0.1) is 0 Å². The number of benzene rings is 2. The van der Waals surface area contributed by atoms with Crippen molar-refractivity contribution < 1.29 is 4.79 Å². The fourth-order valence-corrected chi connectivity index (χ4v) is 3.54. The molecule has 0 saturated carbocycles. The first-order valence-electron chi connectivity index (χ1n) is 8.51. The number of nitrogens with one attached hydrogen (secondary N) is 1. The van der Waals surface area contributed by atoms with Gasteiger partial charge in [0.15, 0.2) is 0 Å². The van der Waals surface area contributed by atoms with E-state index in [9.17, 15) is 4.79 Å². The van der Waals surface area contributed by atoms with Crippen molar-refractivity contribution in [2.24, 2.45) is 0 Å². The number of hydrogen-bond acceptors (Lipinski definition) is 3. The predicted molar refractivity (Wildman–Crippen MR) is 97.9 cm³/mol. The Hall–Kier alpha value is -2.17. The van der Waals surface area contributed by atoms with Gasteiger partial charge >= 0.3 is 0 Å². The van der Waals surface area contributed by atoms with Gasteiger partial charge in [0.05, 0.1) is 5.69 Å². The predicted octanol–water partition coefficient (Wildman–Crippen LogP) is 3.14. The van der Waals surface area contributed by atoms with E-state index in [0.717, 1.165) is 18.8 Å². The number of amides is 1. The van der Waals surface area contributed by atoms with Gasteiger partial charge in [0.1, 0.15) is 0 Å². The maximum Gasteiger partial charge on any atom is 0.238 e. The highest BCUT2D eigenvalue weighted by atomic mass is 16.2. The molecule has 4 heteroatoms. The smallest absolute Gasteiger partial charge is 0.238 e. The molecule has 2 aromatic carbocycles. The number of anilines is 1. The molecule has 1 atom stereocenters. The topological polar surface area (TPSA) is 35.6 Å². The number of carbonyl (C=O) groups excluding carboxylic acids is 1. The molecular formula is C20H25N3O. The van der Waals surface area contributed by atoms with E-state index in [-0.39, 0.29) is 5.91 Å². The van der Waals surface area contributed by atoms with Crippen molar-refractivity contribution in [2.45, 2.75) is 26.3 Å². The number of hydrogen-bond donors (Lipinski definition) is 1. The maximum absolute atomic E-state index is 12.1. The van der Waals surface area contributed by atoms with Crippen LogP contribution in [0, 0.1) is 0 Å². The lowest BCUT2D eigenvalue weighted by Crippen LogP contribution is -2.43. The van der Waals surface area contributed by atoms with Gasteiger partial charge in [-0.2, -0.15) is 0 Å². The second-order valence-corrected chi connectivity index (χ2v) is 6.37. The molecule has 0 aliphatic carbocycles. The number of rotatable bonds is 4. The van der Waals surface area contributed by atoms with Crippen LogP contribution in [0.2, 0.25) is 0 Å². The van der Waals surface area contributed by atoms with Crippen molar-refractivity contribution in [3.05, 3.63) is 65.2 Å². The Labute approximate surface area is 144 Å². The van der Waals surface area contributed by atoms with Gasteiger partial charge in [0.2, 0.25) is 5.91 Å². The van der Waals surface area contributed by atoms with Crippen molar-refractivity contribution >= 4 is 11.6 Å². The highest BCUT2D eigenvalue weighted by molar-refractivity contribution is 5.91. The quantitative estimate of drug-likeness (QED) is 0.878. The van der Waals surface area contributed by atoms with Crippen LogP contribution in [0.25, 0.3) is 0 Å². The molecule has 1 N–H and O–H groups in total. The van der Waals surface area contributed by atoms with Crippen molar-refractivity contribution in [1.82, 2.24) is 10.3 Å². The normalized spacial score (nSPS) is 17.4. The lowest BCUT2D eigenvalue weighted by atomic mass is 9.84. The highest BCUT2D eigenvalue weighted by Crippen LogP contribution is 2.37. The molecule has 0 radical (unpaired) electrons. The van der Waals surface area contributed by atoms with Crippen molar-refractivity contribution in [1.29, 1.82) is 0 Å². The molecular weight excluding hydrogens is 298 g/mol. The van der Waals surface area contributed by atoms with E-state index in [4.69, 9.17) is 0 Å². The lowest BCUT2D eigenvalue weighted by molar-refractivity contribution is -0.117. The van der Waals surface area contributed by atoms with Crippen LogP contribution in [0.5, 0.6) is 0 Å². The number of hydrazine groups is 1. The summed E-state index contributed by atoms with van der Waals surface area (Å²) in [5.41, 5.74) is 8.02. The third-order valence-electron chi connectivity index (χ3n) is 4.56. The number of nitrogens with zero attached hydrogens (tertiary/aromatic N) is 2. The van der Waals surface area contributed by atoms with Crippen LogP contribution in [0.4, 0.5) is 5.69 Å². The fourth-order valence-electron chi connectivity index (χ4n) is 3.54. The lowest BCUT2D eigenvalue weighted by Gasteiger charge is -2.36. The molecule has 3 rings (SSSR count). The van der Waals surface area contributed by atoms with E-state index >= 15 is 0 Å². The van der Waals surface area contributed by atoms with Gasteiger partial charge in [0.25, 0.3) is 0 Å². The Balaban J connectivity index is 2.09. The van der Waals surface area contributed by atoms with Crippen LogP contribution in [0.3, 0.4) is 0 Å². The number of fused-ring (bicyclic) bond motifs is 1. The minimum atomic E-state index is 0.00902. The van der Waals surface area contributed by atoms with Gasteiger partial charge in [0, 0.05) is 32.5 Å². The Morgan fingerprint density at radius 3 is 2.62 bits per heavy atom. The van der Waals surface area contributed by atoms with Crippen molar-refractivity contribution in [3.8, 4) is 0 Å². The van der Waals surface area contributed by atoms with E-state index in [1.165, 1.54) is 16.7 Å².